The highest BCUT2D eigenvalue weighted by atomic mass is 19.1. The molecule has 0 saturated carbocycles. The maximum Gasteiger partial charge on any atom is 0.212 e. The standard InChI is InChI=1S/C22H21FN/c1-14-11-18-16-9-8-15(23)12-19(16)22(2,3)20(18)13-17(14)21-7-5-6-10-24(21)4/h5-13H,1-4H3/q+1. The Balaban J connectivity index is 2.00. The molecule has 0 saturated heterocycles. The van der Waals surface area contributed by atoms with E-state index in [4.69, 9.17) is 0 Å². The topological polar surface area (TPSA) is 3.88 Å². The Bertz CT molecular complexity index is 970. The Morgan fingerprint density at radius 2 is 1.62 bits per heavy atom. The second-order valence-electron chi connectivity index (χ2n) is 7.22. The van der Waals surface area contributed by atoms with E-state index < -0.39 is 0 Å². The minimum absolute atomic E-state index is 0.166. The van der Waals surface area contributed by atoms with Gasteiger partial charge in [-0.15, -0.1) is 0 Å². The third-order valence-corrected chi connectivity index (χ3v) is 5.31. The molecule has 0 fully saturated rings. The summed E-state index contributed by atoms with van der Waals surface area (Å²) in [6.07, 6.45) is 2.07. The number of hydrogen-bond donors (Lipinski definition) is 0. The van der Waals surface area contributed by atoms with Gasteiger partial charge in [-0.2, -0.15) is 0 Å². The summed E-state index contributed by atoms with van der Waals surface area (Å²) in [5.41, 5.74) is 8.21. The van der Waals surface area contributed by atoms with Crippen LogP contribution >= 0.6 is 0 Å². The van der Waals surface area contributed by atoms with Crippen molar-refractivity contribution < 1.29 is 8.96 Å². The van der Waals surface area contributed by atoms with Crippen LogP contribution in [0.2, 0.25) is 0 Å². The Morgan fingerprint density at radius 3 is 2.38 bits per heavy atom. The zero-order valence-electron chi connectivity index (χ0n) is 14.5. The summed E-state index contributed by atoms with van der Waals surface area (Å²) in [7, 11) is 2.07. The van der Waals surface area contributed by atoms with Crippen LogP contribution in [0.5, 0.6) is 0 Å². The van der Waals surface area contributed by atoms with Crippen molar-refractivity contribution in [1.29, 1.82) is 0 Å². The lowest BCUT2D eigenvalue weighted by Gasteiger charge is -2.22. The van der Waals surface area contributed by atoms with Gasteiger partial charge in [0, 0.05) is 23.1 Å². The molecule has 1 nitrogen and oxygen atoms in total. The van der Waals surface area contributed by atoms with Crippen LogP contribution < -0.4 is 4.57 Å². The summed E-state index contributed by atoms with van der Waals surface area (Å²) in [5.74, 6) is -0.166. The van der Waals surface area contributed by atoms with E-state index in [2.05, 4.69) is 62.8 Å². The number of aromatic nitrogens is 1. The monoisotopic (exact) mass is 318 g/mol. The quantitative estimate of drug-likeness (QED) is 0.560. The molecule has 0 N–H and O–H groups in total. The van der Waals surface area contributed by atoms with Crippen molar-refractivity contribution in [3.63, 3.8) is 0 Å². The number of nitrogens with zero attached hydrogens (tertiary/aromatic N) is 1. The van der Waals surface area contributed by atoms with Gasteiger partial charge in [0.25, 0.3) is 0 Å². The number of benzene rings is 2. The fourth-order valence-electron chi connectivity index (χ4n) is 3.94. The van der Waals surface area contributed by atoms with Crippen molar-refractivity contribution in [1.82, 2.24) is 0 Å². The highest BCUT2D eigenvalue weighted by Gasteiger charge is 2.36. The highest BCUT2D eigenvalue weighted by molar-refractivity contribution is 5.84. The van der Waals surface area contributed by atoms with Crippen molar-refractivity contribution in [2.24, 2.45) is 7.05 Å². The molecular weight excluding hydrogens is 297 g/mol. The second kappa shape index (κ2) is 5.01. The van der Waals surface area contributed by atoms with Crippen LogP contribution in [-0.4, -0.2) is 0 Å². The molecule has 2 heteroatoms. The summed E-state index contributed by atoms with van der Waals surface area (Å²) < 4.78 is 15.9. The molecule has 3 aromatic rings. The molecule has 0 radical (unpaired) electrons. The fraction of sp³-hybridized carbons (Fsp3) is 0.227. The van der Waals surface area contributed by atoms with Crippen LogP contribution in [0.25, 0.3) is 22.4 Å². The van der Waals surface area contributed by atoms with Crippen molar-refractivity contribution in [3.8, 4) is 22.4 Å². The predicted octanol–water partition coefficient (Wildman–Crippen LogP) is 4.93. The van der Waals surface area contributed by atoms with Crippen molar-refractivity contribution >= 4 is 0 Å². The van der Waals surface area contributed by atoms with Gasteiger partial charge in [-0.05, 0) is 59.0 Å². The molecule has 2 aromatic carbocycles. The fourth-order valence-corrected chi connectivity index (χ4v) is 3.94. The van der Waals surface area contributed by atoms with E-state index >= 15 is 0 Å². The molecule has 4 rings (SSSR count). The summed E-state index contributed by atoms with van der Waals surface area (Å²) in [4.78, 5) is 0. The van der Waals surface area contributed by atoms with Gasteiger partial charge >= 0.3 is 0 Å². The maximum absolute atomic E-state index is 13.8. The molecule has 0 atom stereocenters. The van der Waals surface area contributed by atoms with E-state index in [0.717, 1.165) is 11.1 Å². The third-order valence-electron chi connectivity index (χ3n) is 5.31. The Labute approximate surface area is 142 Å². The van der Waals surface area contributed by atoms with Gasteiger partial charge in [0.05, 0.1) is 0 Å². The van der Waals surface area contributed by atoms with Crippen molar-refractivity contribution in [2.75, 3.05) is 0 Å². The molecule has 0 aliphatic heterocycles. The largest absolute Gasteiger partial charge is 0.212 e. The third kappa shape index (κ3) is 2.02. The van der Waals surface area contributed by atoms with Gasteiger partial charge in [-0.25, -0.2) is 8.96 Å². The zero-order chi connectivity index (χ0) is 17.1. The Hall–Kier alpha value is -2.48. The van der Waals surface area contributed by atoms with Crippen LogP contribution in [0.4, 0.5) is 4.39 Å². The number of halogens is 1. The van der Waals surface area contributed by atoms with Crippen LogP contribution in [0.15, 0.2) is 54.7 Å². The molecule has 1 aromatic heterocycles. The highest BCUT2D eigenvalue weighted by Crippen LogP contribution is 2.50. The first-order valence-electron chi connectivity index (χ1n) is 8.30. The Kier molecular flexibility index (Phi) is 3.14. The first-order valence-corrected chi connectivity index (χ1v) is 8.30. The average molecular weight is 318 g/mol. The lowest BCUT2D eigenvalue weighted by molar-refractivity contribution is -0.660. The van der Waals surface area contributed by atoms with Crippen LogP contribution in [0.1, 0.15) is 30.5 Å². The zero-order valence-corrected chi connectivity index (χ0v) is 14.5. The number of aryl methyl sites for hydroxylation is 2. The first-order chi connectivity index (χ1) is 11.4. The number of hydrogen-bond acceptors (Lipinski definition) is 0. The summed E-state index contributed by atoms with van der Waals surface area (Å²) in [6.45, 7) is 6.51. The maximum atomic E-state index is 13.8. The van der Waals surface area contributed by atoms with Gasteiger partial charge in [-0.3, -0.25) is 0 Å². The second-order valence-corrected chi connectivity index (χ2v) is 7.22. The van der Waals surface area contributed by atoms with Gasteiger partial charge < -0.3 is 0 Å². The molecule has 1 heterocycles. The molecule has 0 amide bonds. The summed E-state index contributed by atoms with van der Waals surface area (Å²) in [5, 5.41) is 0. The predicted molar refractivity (Wildman–Crippen MR) is 95.3 cm³/mol. The summed E-state index contributed by atoms with van der Waals surface area (Å²) in [6, 6.07) is 16.0. The lowest BCUT2D eigenvalue weighted by Crippen LogP contribution is -2.30. The van der Waals surface area contributed by atoms with Crippen LogP contribution in [-0.2, 0) is 12.5 Å². The minimum Gasteiger partial charge on any atom is -0.207 e. The minimum atomic E-state index is -0.192. The molecule has 24 heavy (non-hydrogen) atoms. The lowest BCUT2D eigenvalue weighted by atomic mass is 9.81. The van der Waals surface area contributed by atoms with Crippen molar-refractivity contribution in [3.05, 3.63) is 77.2 Å². The number of fused-ring (bicyclic) bond motifs is 3. The smallest absolute Gasteiger partial charge is 0.207 e. The van der Waals surface area contributed by atoms with Gasteiger partial charge in [-0.1, -0.05) is 26.0 Å². The molecule has 120 valence electrons. The molecular formula is C22H21FN+. The summed E-state index contributed by atoms with van der Waals surface area (Å²) >= 11 is 0. The van der Waals surface area contributed by atoms with Gasteiger partial charge in [0.2, 0.25) is 5.69 Å². The van der Waals surface area contributed by atoms with E-state index in [9.17, 15) is 4.39 Å². The number of pyridine rings is 1. The molecule has 0 bridgehead atoms. The normalized spacial score (nSPS) is 14.4. The van der Waals surface area contributed by atoms with E-state index in [1.165, 1.54) is 27.9 Å². The van der Waals surface area contributed by atoms with Gasteiger partial charge in [0.15, 0.2) is 6.20 Å². The van der Waals surface area contributed by atoms with E-state index in [1.54, 1.807) is 12.1 Å². The molecule has 0 spiro atoms. The molecule has 1 aliphatic carbocycles. The van der Waals surface area contributed by atoms with Gasteiger partial charge in [0.1, 0.15) is 12.9 Å². The molecule has 1 aliphatic rings. The Morgan fingerprint density at radius 1 is 0.875 bits per heavy atom. The number of rotatable bonds is 1. The van der Waals surface area contributed by atoms with E-state index in [1.807, 2.05) is 12.1 Å². The first kappa shape index (κ1) is 15.1. The van der Waals surface area contributed by atoms with E-state index in [-0.39, 0.29) is 11.2 Å². The average Bonchev–Trinajstić information content (AvgIpc) is 2.75. The van der Waals surface area contributed by atoms with E-state index in [0.29, 0.717) is 0 Å². The SMILES string of the molecule is Cc1cc2c(cc1-c1cccc[n+]1C)C(C)(C)c1cc(F)ccc1-2. The van der Waals surface area contributed by atoms with Crippen LogP contribution in [0, 0.1) is 12.7 Å². The van der Waals surface area contributed by atoms with Crippen LogP contribution in [0.3, 0.4) is 0 Å². The van der Waals surface area contributed by atoms with Crippen molar-refractivity contribution in [2.45, 2.75) is 26.2 Å². The molecule has 0 unspecified atom stereocenters.